The minimum atomic E-state index is -0.0261. The molecule has 1 N–H and O–H groups in total. The lowest BCUT2D eigenvalue weighted by molar-refractivity contribution is 0.660. The van der Waals surface area contributed by atoms with Gasteiger partial charge in [0.1, 0.15) is 11.2 Å². The Kier molecular flexibility index (Phi) is 6.33. The molecule has 0 radical (unpaired) electrons. The van der Waals surface area contributed by atoms with Crippen molar-refractivity contribution in [2.75, 3.05) is 0 Å². The number of para-hydroxylation sites is 3. The highest BCUT2D eigenvalue weighted by Gasteiger charge is 2.35. The number of H-pyrrole nitrogens is 1. The number of furan rings is 1. The van der Waals surface area contributed by atoms with Gasteiger partial charge in [-0.1, -0.05) is 147 Å². The Balaban J connectivity index is 0.969. The molecule has 10 aromatic rings. The molecule has 0 amide bonds. The molecular weight excluding hydrogens is 643 g/mol. The molecule has 0 unspecified atom stereocenters. The fourth-order valence-corrected chi connectivity index (χ4v) is 8.93. The van der Waals surface area contributed by atoms with Gasteiger partial charge in [0.15, 0.2) is 0 Å². The van der Waals surface area contributed by atoms with E-state index in [1.54, 1.807) is 0 Å². The standard InChI is InChI=1S/C51H35NO/c1-51(2)45-21-5-3-15-39(45)40-25-23-34(30-46(40)51)32-12-7-11-31(27-32)33-13-8-14-35(28-33)37-17-9-19-42-44-29-36(24-26-47(44)52-49(37)42)38-18-10-20-43-41-16-4-6-22-48(41)53-50(38)43/h3-30,52H,1-2H3. The third kappa shape index (κ3) is 4.52. The lowest BCUT2D eigenvalue weighted by Crippen LogP contribution is -2.14. The summed E-state index contributed by atoms with van der Waals surface area (Å²) in [4.78, 5) is 3.78. The van der Waals surface area contributed by atoms with Crippen molar-refractivity contribution >= 4 is 43.7 Å². The van der Waals surface area contributed by atoms with Crippen molar-refractivity contribution < 1.29 is 4.42 Å². The number of aromatic amines is 1. The second-order valence-electron chi connectivity index (χ2n) is 15.0. The van der Waals surface area contributed by atoms with Gasteiger partial charge in [-0.15, -0.1) is 0 Å². The van der Waals surface area contributed by atoms with Crippen molar-refractivity contribution in [3.63, 3.8) is 0 Å². The molecule has 2 aromatic heterocycles. The number of aromatic nitrogens is 1. The number of rotatable bonds is 4. The first-order valence-electron chi connectivity index (χ1n) is 18.4. The summed E-state index contributed by atoms with van der Waals surface area (Å²) in [6, 6.07) is 61.9. The van der Waals surface area contributed by atoms with Gasteiger partial charge in [0, 0.05) is 43.6 Å². The maximum atomic E-state index is 6.41. The highest BCUT2D eigenvalue weighted by atomic mass is 16.3. The van der Waals surface area contributed by atoms with Crippen molar-refractivity contribution in [2.24, 2.45) is 0 Å². The molecule has 2 heteroatoms. The summed E-state index contributed by atoms with van der Waals surface area (Å²) in [5.74, 6) is 0. The first kappa shape index (κ1) is 30.0. The Morgan fingerprint density at radius 2 is 0.981 bits per heavy atom. The van der Waals surface area contributed by atoms with Crippen LogP contribution in [0, 0.1) is 0 Å². The molecule has 0 saturated carbocycles. The van der Waals surface area contributed by atoms with Gasteiger partial charge in [-0.2, -0.15) is 0 Å². The highest BCUT2D eigenvalue weighted by Crippen LogP contribution is 2.49. The molecule has 250 valence electrons. The summed E-state index contributed by atoms with van der Waals surface area (Å²) in [6.45, 7) is 4.69. The Morgan fingerprint density at radius 3 is 1.83 bits per heavy atom. The molecule has 0 atom stereocenters. The first-order valence-corrected chi connectivity index (χ1v) is 18.4. The predicted molar refractivity (Wildman–Crippen MR) is 222 cm³/mol. The normalized spacial score (nSPS) is 13.2. The number of nitrogens with one attached hydrogen (secondary N) is 1. The van der Waals surface area contributed by atoms with E-state index in [0.717, 1.165) is 44.1 Å². The largest absolute Gasteiger partial charge is 0.455 e. The van der Waals surface area contributed by atoms with Crippen LogP contribution in [0.3, 0.4) is 0 Å². The number of hydrogen-bond donors (Lipinski definition) is 1. The fourth-order valence-electron chi connectivity index (χ4n) is 8.93. The van der Waals surface area contributed by atoms with Crippen LogP contribution in [0.4, 0.5) is 0 Å². The lowest BCUT2D eigenvalue weighted by atomic mass is 9.81. The smallest absolute Gasteiger partial charge is 0.143 e. The van der Waals surface area contributed by atoms with Gasteiger partial charge >= 0.3 is 0 Å². The monoisotopic (exact) mass is 677 g/mol. The maximum absolute atomic E-state index is 6.41. The zero-order valence-corrected chi connectivity index (χ0v) is 29.6. The van der Waals surface area contributed by atoms with Crippen LogP contribution in [-0.4, -0.2) is 4.98 Å². The maximum Gasteiger partial charge on any atom is 0.143 e. The lowest BCUT2D eigenvalue weighted by Gasteiger charge is -2.22. The minimum absolute atomic E-state index is 0.0261. The van der Waals surface area contributed by atoms with Crippen LogP contribution in [-0.2, 0) is 5.41 Å². The number of fused-ring (bicyclic) bond motifs is 9. The molecule has 11 rings (SSSR count). The number of hydrogen-bond acceptors (Lipinski definition) is 1. The van der Waals surface area contributed by atoms with Crippen molar-refractivity contribution in [3.8, 4) is 55.6 Å². The van der Waals surface area contributed by atoms with E-state index in [4.69, 9.17) is 4.42 Å². The second kappa shape index (κ2) is 11.2. The van der Waals surface area contributed by atoms with E-state index in [1.807, 2.05) is 12.1 Å². The average molecular weight is 678 g/mol. The van der Waals surface area contributed by atoms with Gasteiger partial charge in [-0.3, -0.25) is 0 Å². The third-order valence-corrected chi connectivity index (χ3v) is 11.6. The molecule has 0 saturated heterocycles. The SMILES string of the molecule is CC1(C)c2ccccc2-c2ccc(-c3cccc(-c4cccc(-c5cccc6c5[nH]c5ccc(-c7cccc8c7oc7ccccc78)cc56)c4)c3)cc21. The van der Waals surface area contributed by atoms with Gasteiger partial charge in [-0.25, -0.2) is 0 Å². The van der Waals surface area contributed by atoms with E-state index < -0.39 is 0 Å². The van der Waals surface area contributed by atoms with Crippen LogP contribution < -0.4 is 0 Å². The molecule has 53 heavy (non-hydrogen) atoms. The van der Waals surface area contributed by atoms with E-state index in [1.165, 1.54) is 66.4 Å². The minimum Gasteiger partial charge on any atom is -0.455 e. The van der Waals surface area contributed by atoms with E-state index in [0.29, 0.717) is 0 Å². The third-order valence-electron chi connectivity index (χ3n) is 11.6. The Hall–Kier alpha value is -6.64. The van der Waals surface area contributed by atoms with Crippen LogP contribution in [0.2, 0.25) is 0 Å². The molecule has 0 spiro atoms. The Bertz CT molecular complexity index is 3100. The molecule has 0 fully saturated rings. The van der Waals surface area contributed by atoms with Crippen molar-refractivity contribution in [1.29, 1.82) is 0 Å². The molecular formula is C51H35NO. The molecule has 0 bridgehead atoms. The Morgan fingerprint density at radius 1 is 0.396 bits per heavy atom. The fraction of sp³-hybridized carbons (Fsp3) is 0.0588. The van der Waals surface area contributed by atoms with Crippen molar-refractivity contribution in [3.05, 3.63) is 181 Å². The average Bonchev–Trinajstić information content (AvgIpc) is 3.85. The summed E-state index contributed by atoms with van der Waals surface area (Å²) in [5.41, 5.74) is 19.1. The first-order chi connectivity index (χ1) is 26.0. The van der Waals surface area contributed by atoms with Gasteiger partial charge in [0.05, 0.1) is 5.52 Å². The Labute approximate surface area is 308 Å². The topological polar surface area (TPSA) is 28.9 Å². The summed E-state index contributed by atoms with van der Waals surface area (Å²) in [5, 5.41) is 4.71. The molecule has 1 aliphatic carbocycles. The van der Waals surface area contributed by atoms with Crippen LogP contribution >= 0.6 is 0 Å². The zero-order valence-electron chi connectivity index (χ0n) is 29.6. The summed E-state index contributed by atoms with van der Waals surface area (Å²) < 4.78 is 6.41. The van der Waals surface area contributed by atoms with E-state index >= 15 is 0 Å². The van der Waals surface area contributed by atoms with Crippen LogP contribution in [0.25, 0.3) is 99.4 Å². The van der Waals surface area contributed by atoms with Gasteiger partial charge < -0.3 is 9.40 Å². The molecule has 2 heterocycles. The van der Waals surface area contributed by atoms with Crippen LogP contribution in [0.1, 0.15) is 25.0 Å². The molecule has 1 aliphatic rings. The van der Waals surface area contributed by atoms with Crippen LogP contribution in [0.5, 0.6) is 0 Å². The van der Waals surface area contributed by atoms with Crippen molar-refractivity contribution in [2.45, 2.75) is 19.3 Å². The van der Waals surface area contributed by atoms with Gasteiger partial charge in [0.2, 0.25) is 0 Å². The van der Waals surface area contributed by atoms with Crippen LogP contribution in [0.15, 0.2) is 174 Å². The molecule has 2 nitrogen and oxygen atoms in total. The second-order valence-corrected chi connectivity index (χ2v) is 15.0. The summed E-state index contributed by atoms with van der Waals surface area (Å²) in [6.07, 6.45) is 0. The zero-order chi connectivity index (χ0) is 35.3. The van der Waals surface area contributed by atoms with Crippen molar-refractivity contribution in [1.82, 2.24) is 4.98 Å². The van der Waals surface area contributed by atoms with Gasteiger partial charge in [-0.05, 0) is 92.0 Å². The van der Waals surface area contributed by atoms with Gasteiger partial charge in [0.25, 0.3) is 0 Å². The quantitative estimate of drug-likeness (QED) is 0.197. The molecule has 0 aliphatic heterocycles. The van der Waals surface area contributed by atoms with E-state index in [2.05, 4.69) is 177 Å². The van der Waals surface area contributed by atoms with E-state index in [9.17, 15) is 0 Å². The summed E-state index contributed by atoms with van der Waals surface area (Å²) in [7, 11) is 0. The number of benzene rings is 8. The summed E-state index contributed by atoms with van der Waals surface area (Å²) >= 11 is 0. The highest BCUT2D eigenvalue weighted by molar-refractivity contribution is 6.14. The predicted octanol–water partition coefficient (Wildman–Crippen LogP) is 14.2. The van der Waals surface area contributed by atoms with E-state index in [-0.39, 0.29) is 5.41 Å². The molecule has 8 aromatic carbocycles.